The first-order valence-corrected chi connectivity index (χ1v) is 5.93. The molecule has 0 aliphatic rings. The van der Waals surface area contributed by atoms with Crippen molar-refractivity contribution in [3.63, 3.8) is 0 Å². The van der Waals surface area contributed by atoms with E-state index in [1.165, 1.54) is 0 Å². The topological polar surface area (TPSA) is 55.5 Å². The van der Waals surface area contributed by atoms with Crippen LogP contribution in [0.25, 0.3) is 0 Å². The molecule has 0 radical (unpaired) electrons. The molecule has 2 rings (SSSR count). The zero-order valence-electron chi connectivity index (χ0n) is 10.2. The molecule has 3 heteroatoms. The highest BCUT2D eigenvalue weighted by molar-refractivity contribution is 5.29. The molecule has 0 saturated heterocycles. The van der Waals surface area contributed by atoms with E-state index in [0.717, 1.165) is 22.4 Å². The molecular formula is C15H17NO2. The smallest absolute Gasteiger partial charge is 0.119 e. The van der Waals surface area contributed by atoms with Crippen molar-refractivity contribution < 1.29 is 9.84 Å². The molecule has 18 heavy (non-hydrogen) atoms. The van der Waals surface area contributed by atoms with Crippen molar-refractivity contribution in [2.45, 2.75) is 19.8 Å². The minimum atomic E-state index is 0.0519. The molecule has 94 valence electrons. The van der Waals surface area contributed by atoms with Gasteiger partial charge in [-0.15, -0.1) is 0 Å². The van der Waals surface area contributed by atoms with Crippen molar-refractivity contribution in [3.05, 3.63) is 65.2 Å². The highest BCUT2D eigenvalue weighted by Gasteiger charge is 2.01. The number of nitrogens with two attached hydrogens (primary N) is 1. The summed E-state index contributed by atoms with van der Waals surface area (Å²) in [6, 6.07) is 15.4. The van der Waals surface area contributed by atoms with Crippen molar-refractivity contribution >= 4 is 0 Å². The largest absolute Gasteiger partial charge is 0.489 e. The van der Waals surface area contributed by atoms with Gasteiger partial charge in [0.05, 0.1) is 6.61 Å². The van der Waals surface area contributed by atoms with Gasteiger partial charge in [0, 0.05) is 6.54 Å². The third kappa shape index (κ3) is 3.09. The standard InChI is InChI=1S/C15H17NO2/c16-9-13-3-1-2-4-14(13)11-18-15-7-5-12(10-17)6-8-15/h1-8,17H,9-11,16H2. The molecule has 0 saturated carbocycles. The molecule has 0 amide bonds. The molecular weight excluding hydrogens is 226 g/mol. The van der Waals surface area contributed by atoms with Crippen LogP contribution >= 0.6 is 0 Å². The van der Waals surface area contributed by atoms with Gasteiger partial charge in [-0.05, 0) is 28.8 Å². The number of benzene rings is 2. The van der Waals surface area contributed by atoms with Crippen LogP contribution in [0, 0.1) is 0 Å². The minimum Gasteiger partial charge on any atom is -0.489 e. The van der Waals surface area contributed by atoms with Crippen molar-refractivity contribution in [3.8, 4) is 5.75 Å². The first-order valence-electron chi connectivity index (χ1n) is 5.93. The summed E-state index contributed by atoms with van der Waals surface area (Å²) in [6.45, 7) is 1.07. The van der Waals surface area contributed by atoms with E-state index >= 15 is 0 Å². The van der Waals surface area contributed by atoms with E-state index in [0.29, 0.717) is 13.2 Å². The summed E-state index contributed by atoms with van der Waals surface area (Å²) in [5, 5.41) is 8.95. The van der Waals surface area contributed by atoms with Gasteiger partial charge in [-0.25, -0.2) is 0 Å². The molecule has 0 aliphatic heterocycles. The lowest BCUT2D eigenvalue weighted by atomic mass is 10.1. The lowest BCUT2D eigenvalue weighted by molar-refractivity contribution is 0.280. The van der Waals surface area contributed by atoms with E-state index in [1.807, 2.05) is 48.5 Å². The van der Waals surface area contributed by atoms with Crippen LogP contribution in [0.3, 0.4) is 0 Å². The summed E-state index contributed by atoms with van der Waals surface area (Å²) in [5.41, 5.74) is 8.76. The van der Waals surface area contributed by atoms with Crippen LogP contribution < -0.4 is 10.5 Å². The van der Waals surface area contributed by atoms with E-state index in [2.05, 4.69) is 0 Å². The van der Waals surface area contributed by atoms with Crippen LogP contribution in [0.5, 0.6) is 5.75 Å². The zero-order valence-corrected chi connectivity index (χ0v) is 10.2. The summed E-state index contributed by atoms with van der Waals surface area (Å²) in [4.78, 5) is 0. The summed E-state index contributed by atoms with van der Waals surface area (Å²) >= 11 is 0. The van der Waals surface area contributed by atoms with Crippen LogP contribution in [0.1, 0.15) is 16.7 Å². The minimum absolute atomic E-state index is 0.0519. The third-order valence-corrected chi connectivity index (χ3v) is 2.84. The SMILES string of the molecule is NCc1ccccc1COc1ccc(CO)cc1. The predicted molar refractivity (Wildman–Crippen MR) is 71.0 cm³/mol. The summed E-state index contributed by atoms with van der Waals surface area (Å²) < 4.78 is 5.70. The average molecular weight is 243 g/mol. The van der Waals surface area contributed by atoms with Gasteiger partial charge in [-0.3, -0.25) is 0 Å². The fourth-order valence-corrected chi connectivity index (χ4v) is 1.75. The Morgan fingerprint density at radius 2 is 1.61 bits per heavy atom. The van der Waals surface area contributed by atoms with Crippen molar-refractivity contribution in [2.24, 2.45) is 5.73 Å². The van der Waals surface area contributed by atoms with Gasteiger partial charge < -0.3 is 15.6 Å². The Bertz CT molecular complexity index is 494. The lowest BCUT2D eigenvalue weighted by Crippen LogP contribution is -2.04. The molecule has 0 fully saturated rings. The Morgan fingerprint density at radius 1 is 0.944 bits per heavy atom. The molecule has 0 atom stereocenters. The van der Waals surface area contributed by atoms with Gasteiger partial charge in [0.15, 0.2) is 0 Å². The molecule has 2 aromatic carbocycles. The molecule has 0 aliphatic carbocycles. The number of ether oxygens (including phenoxy) is 1. The van der Waals surface area contributed by atoms with Crippen LogP contribution in [0.4, 0.5) is 0 Å². The highest BCUT2D eigenvalue weighted by atomic mass is 16.5. The summed E-state index contributed by atoms with van der Waals surface area (Å²) in [7, 11) is 0. The monoisotopic (exact) mass is 243 g/mol. The Balaban J connectivity index is 2.02. The maximum absolute atomic E-state index is 8.95. The molecule has 2 aromatic rings. The Kier molecular flexibility index (Phi) is 4.34. The van der Waals surface area contributed by atoms with Gasteiger partial charge in [-0.1, -0.05) is 36.4 Å². The number of hydrogen-bond acceptors (Lipinski definition) is 3. The van der Waals surface area contributed by atoms with Crippen molar-refractivity contribution in [2.75, 3.05) is 0 Å². The van der Waals surface area contributed by atoms with Gasteiger partial charge in [0.25, 0.3) is 0 Å². The Morgan fingerprint density at radius 3 is 2.22 bits per heavy atom. The van der Waals surface area contributed by atoms with Crippen LogP contribution in [-0.4, -0.2) is 5.11 Å². The molecule has 3 N–H and O–H groups in total. The zero-order chi connectivity index (χ0) is 12.8. The first-order chi connectivity index (χ1) is 8.83. The van der Waals surface area contributed by atoms with E-state index in [-0.39, 0.29) is 6.61 Å². The maximum Gasteiger partial charge on any atom is 0.119 e. The van der Waals surface area contributed by atoms with Crippen molar-refractivity contribution in [1.29, 1.82) is 0 Å². The second-order valence-corrected chi connectivity index (χ2v) is 4.06. The number of aliphatic hydroxyl groups is 1. The van der Waals surface area contributed by atoms with Crippen molar-refractivity contribution in [1.82, 2.24) is 0 Å². The predicted octanol–water partition coefficient (Wildman–Crippen LogP) is 2.22. The summed E-state index contributed by atoms with van der Waals surface area (Å²) in [5.74, 6) is 0.791. The molecule has 0 heterocycles. The van der Waals surface area contributed by atoms with Crippen LogP contribution in [0.15, 0.2) is 48.5 Å². The maximum atomic E-state index is 8.95. The average Bonchev–Trinajstić information content (AvgIpc) is 2.46. The Labute approximate surface area is 107 Å². The van der Waals surface area contributed by atoms with E-state index in [1.54, 1.807) is 0 Å². The normalized spacial score (nSPS) is 10.3. The summed E-state index contributed by atoms with van der Waals surface area (Å²) in [6.07, 6.45) is 0. The molecule has 0 spiro atoms. The molecule has 0 aromatic heterocycles. The number of aliphatic hydroxyl groups excluding tert-OH is 1. The Hall–Kier alpha value is -1.84. The van der Waals surface area contributed by atoms with Gasteiger partial charge in [0.1, 0.15) is 12.4 Å². The van der Waals surface area contributed by atoms with Gasteiger partial charge >= 0.3 is 0 Å². The fraction of sp³-hybridized carbons (Fsp3) is 0.200. The van der Waals surface area contributed by atoms with Gasteiger partial charge in [0.2, 0.25) is 0 Å². The van der Waals surface area contributed by atoms with E-state index < -0.39 is 0 Å². The second kappa shape index (κ2) is 6.19. The van der Waals surface area contributed by atoms with E-state index in [9.17, 15) is 0 Å². The van der Waals surface area contributed by atoms with E-state index in [4.69, 9.17) is 15.6 Å². The molecule has 3 nitrogen and oxygen atoms in total. The first kappa shape index (κ1) is 12.6. The van der Waals surface area contributed by atoms with Crippen LogP contribution in [-0.2, 0) is 19.8 Å². The molecule has 0 bridgehead atoms. The number of rotatable bonds is 5. The van der Waals surface area contributed by atoms with Crippen LogP contribution in [0.2, 0.25) is 0 Å². The lowest BCUT2D eigenvalue weighted by Gasteiger charge is -2.10. The second-order valence-electron chi connectivity index (χ2n) is 4.06. The van der Waals surface area contributed by atoms with Gasteiger partial charge in [-0.2, -0.15) is 0 Å². The molecule has 0 unspecified atom stereocenters. The number of hydrogen-bond donors (Lipinski definition) is 2. The quantitative estimate of drug-likeness (QED) is 0.846. The highest BCUT2D eigenvalue weighted by Crippen LogP contribution is 2.16. The third-order valence-electron chi connectivity index (χ3n) is 2.84. The fourth-order valence-electron chi connectivity index (χ4n) is 1.75.